The van der Waals surface area contributed by atoms with Crippen LogP contribution in [0.25, 0.3) is 0 Å². The van der Waals surface area contributed by atoms with Crippen LogP contribution < -0.4 is 15.4 Å². The number of rotatable bonds is 6. The number of fused-ring (bicyclic) bond motifs is 2. The molecule has 0 unspecified atom stereocenters. The summed E-state index contributed by atoms with van der Waals surface area (Å²) in [6, 6.07) is 10.8. The summed E-state index contributed by atoms with van der Waals surface area (Å²) >= 11 is 0. The number of carbonyl (C=O) groups is 3. The summed E-state index contributed by atoms with van der Waals surface area (Å²) in [5.41, 5.74) is 1.75. The van der Waals surface area contributed by atoms with E-state index >= 15 is 0 Å². The fourth-order valence-electron chi connectivity index (χ4n) is 4.47. The van der Waals surface area contributed by atoms with E-state index in [4.69, 9.17) is 9.47 Å². The second-order valence-electron chi connectivity index (χ2n) is 9.63. The van der Waals surface area contributed by atoms with E-state index < -0.39 is 0 Å². The van der Waals surface area contributed by atoms with Crippen LogP contribution in [-0.2, 0) is 20.9 Å². The third kappa shape index (κ3) is 6.02. The van der Waals surface area contributed by atoms with Gasteiger partial charge in [0.05, 0.1) is 24.1 Å². The maximum Gasteiger partial charge on any atom is 0.257 e. The van der Waals surface area contributed by atoms with Gasteiger partial charge in [-0.15, -0.1) is 0 Å². The van der Waals surface area contributed by atoms with Gasteiger partial charge in [0, 0.05) is 25.2 Å². The molecule has 192 valence electrons. The number of amides is 3. The van der Waals surface area contributed by atoms with Crippen LogP contribution >= 0.6 is 0 Å². The number of nitrogens with one attached hydrogen (secondary N) is 2. The predicted molar refractivity (Wildman–Crippen MR) is 132 cm³/mol. The lowest BCUT2D eigenvalue weighted by atomic mass is 9.94. The second-order valence-corrected chi connectivity index (χ2v) is 9.63. The highest BCUT2D eigenvalue weighted by molar-refractivity contribution is 6.00. The minimum absolute atomic E-state index is 0.129. The number of ether oxygens (including phenoxy) is 2. The van der Waals surface area contributed by atoms with Crippen LogP contribution in [0.15, 0.2) is 42.5 Å². The van der Waals surface area contributed by atoms with Gasteiger partial charge in [0.1, 0.15) is 24.3 Å². The molecule has 2 aliphatic heterocycles. The Balaban J connectivity index is 1.38. The van der Waals surface area contributed by atoms with Crippen molar-refractivity contribution >= 4 is 23.4 Å². The summed E-state index contributed by atoms with van der Waals surface area (Å²) in [5.74, 6) is -0.563. The summed E-state index contributed by atoms with van der Waals surface area (Å²) in [6.45, 7) is 4.16. The Hall–Kier alpha value is -3.46. The lowest BCUT2D eigenvalue weighted by Crippen LogP contribution is -2.53. The largest absolute Gasteiger partial charge is 0.490 e. The molecule has 2 heterocycles. The van der Waals surface area contributed by atoms with Gasteiger partial charge >= 0.3 is 0 Å². The summed E-state index contributed by atoms with van der Waals surface area (Å²) in [6.07, 6.45) is 0.818. The van der Waals surface area contributed by atoms with Crippen molar-refractivity contribution < 1.29 is 28.2 Å². The Labute approximate surface area is 210 Å². The number of benzene rings is 2. The number of halogens is 1. The van der Waals surface area contributed by atoms with Crippen molar-refractivity contribution in [1.29, 1.82) is 0 Å². The van der Waals surface area contributed by atoms with Gasteiger partial charge in [-0.1, -0.05) is 26.0 Å². The van der Waals surface area contributed by atoms with E-state index in [2.05, 4.69) is 10.6 Å². The van der Waals surface area contributed by atoms with Gasteiger partial charge in [-0.05, 0) is 48.7 Å². The monoisotopic (exact) mass is 497 g/mol. The molecule has 0 saturated carbocycles. The van der Waals surface area contributed by atoms with Gasteiger partial charge < -0.3 is 25.0 Å². The van der Waals surface area contributed by atoms with Gasteiger partial charge in [-0.25, -0.2) is 4.39 Å². The van der Waals surface area contributed by atoms with Crippen LogP contribution in [0.2, 0.25) is 0 Å². The van der Waals surface area contributed by atoms with Crippen molar-refractivity contribution in [1.82, 2.24) is 10.2 Å². The van der Waals surface area contributed by atoms with Crippen LogP contribution in [0.4, 0.5) is 10.1 Å². The SMILES string of the molecule is CC(C)C(=O)Nc1ccc2c(c1)C(=O)N(C)[C@@H]1CC[C@H](CC(=O)NCc3ccc(F)cc3)O[C@@H]1CO2. The average molecular weight is 498 g/mol. The number of likely N-dealkylation sites (N-methyl/N-ethyl adjacent to an activating group) is 1. The van der Waals surface area contributed by atoms with E-state index in [1.165, 1.54) is 12.1 Å². The van der Waals surface area contributed by atoms with Crippen molar-refractivity contribution in [2.75, 3.05) is 19.0 Å². The van der Waals surface area contributed by atoms with Crippen LogP contribution in [0.3, 0.4) is 0 Å². The Morgan fingerprint density at radius 2 is 1.89 bits per heavy atom. The Morgan fingerprint density at radius 3 is 2.61 bits per heavy atom. The molecule has 0 aromatic heterocycles. The predicted octanol–water partition coefficient (Wildman–Crippen LogP) is 3.51. The molecule has 1 saturated heterocycles. The fraction of sp³-hybridized carbons (Fsp3) is 0.444. The molecular formula is C27H32FN3O5. The van der Waals surface area contributed by atoms with Crippen LogP contribution in [0, 0.1) is 11.7 Å². The van der Waals surface area contributed by atoms with E-state index in [-0.39, 0.29) is 60.7 Å². The zero-order chi connectivity index (χ0) is 25.8. The number of anilines is 1. The first kappa shape index (κ1) is 25.6. The minimum Gasteiger partial charge on any atom is -0.490 e. The highest BCUT2D eigenvalue weighted by Gasteiger charge is 2.39. The van der Waals surface area contributed by atoms with Gasteiger partial charge in [-0.2, -0.15) is 0 Å². The number of hydrogen-bond donors (Lipinski definition) is 2. The summed E-state index contributed by atoms with van der Waals surface area (Å²) in [7, 11) is 1.74. The van der Waals surface area contributed by atoms with Crippen LogP contribution in [0.5, 0.6) is 5.75 Å². The van der Waals surface area contributed by atoms with Crippen LogP contribution in [0.1, 0.15) is 49.0 Å². The second kappa shape index (κ2) is 11.1. The molecule has 2 N–H and O–H groups in total. The minimum atomic E-state index is -0.379. The van der Waals surface area contributed by atoms with E-state index in [1.54, 1.807) is 56.1 Å². The first-order valence-electron chi connectivity index (χ1n) is 12.2. The zero-order valence-corrected chi connectivity index (χ0v) is 20.8. The highest BCUT2D eigenvalue weighted by atomic mass is 19.1. The smallest absolute Gasteiger partial charge is 0.257 e. The molecule has 0 aliphatic carbocycles. The summed E-state index contributed by atoms with van der Waals surface area (Å²) in [5, 5.41) is 5.67. The van der Waals surface area contributed by atoms with Crippen molar-refractivity contribution in [3.05, 3.63) is 59.4 Å². The molecule has 0 spiro atoms. The van der Waals surface area contributed by atoms with Crippen LogP contribution in [-0.4, -0.2) is 54.5 Å². The lowest BCUT2D eigenvalue weighted by Gasteiger charge is -2.42. The topological polar surface area (TPSA) is 97.0 Å². The molecule has 4 rings (SSSR count). The van der Waals surface area contributed by atoms with Crippen molar-refractivity contribution in [2.45, 2.75) is 57.9 Å². The van der Waals surface area contributed by atoms with E-state index in [1.807, 2.05) is 0 Å². The molecule has 3 amide bonds. The van der Waals surface area contributed by atoms with Crippen molar-refractivity contribution in [2.24, 2.45) is 5.92 Å². The van der Waals surface area contributed by atoms with Gasteiger partial charge in [0.15, 0.2) is 0 Å². The Kier molecular flexibility index (Phi) is 7.88. The van der Waals surface area contributed by atoms with E-state index in [9.17, 15) is 18.8 Å². The van der Waals surface area contributed by atoms with Crippen molar-refractivity contribution in [3.8, 4) is 5.75 Å². The molecule has 2 aliphatic rings. The average Bonchev–Trinajstić information content (AvgIpc) is 2.86. The molecule has 0 bridgehead atoms. The molecule has 1 fully saturated rings. The lowest BCUT2D eigenvalue weighted by molar-refractivity contribution is -0.134. The maximum absolute atomic E-state index is 13.3. The van der Waals surface area contributed by atoms with E-state index in [0.717, 1.165) is 5.56 Å². The highest BCUT2D eigenvalue weighted by Crippen LogP contribution is 2.32. The molecular weight excluding hydrogens is 465 g/mol. The number of hydrogen-bond acceptors (Lipinski definition) is 5. The molecule has 2 aromatic carbocycles. The third-order valence-electron chi connectivity index (χ3n) is 6.62. The first-order chi connectivity index (χ1) is 17.2. The third-order valence-corrected chi connectivity index (χ3v) is 6.62. The molecule has 8 nitrogen and oxygen atoms in total. The maximum atomic E-state index is 13.3. The number of nitrogens with zero attached hydrogens (tertiary/aromatic N) is 1. The normalized spacial score (nSPS) is 21.5. The standard InChI is InChI=1S/C27H32FN3O5/c1-16(2)26(33)30-19-8-11-23-21(12-19)27(34)31(3)22-10-9-20(36-24(22)15-35-23)13-25(32)29-14-17-4-6-18(28)7-5-17/h4-8,11-12,16,20,22,24H,9-10,13-15H2,1-3H3,(H,29,32)(H,30,33)/t20-,22-,24-/m1/s1. The molecule has 2 aromatic rings. The number of carbonyl (C=O) groups excluding carboxylic acids is 3. The Morgan fingerprint density at radius 1 is 1.14 bits per heavy atom. The molecule has 9 heteroatoms. The van der Waals surface area contributed by atoms with E-state index in [0.29, 0.717) is 36.4 Å². The quantitative estimate of drug-likeness (QED) is 0.637. The molecule has 3 atom stereocenters. The van der Waals surface area contributed by atoms with Gasteiger partial charge in [0.2, 0.25) is 11.8 Å². The Bertz CT molecular complexity index is 1120. The first-order valence-corrected chi connectivity index (χ1v) is 12.2. The zero-order valence-electron chi connectivity index (χ0n) is 20.8. The molecule has 36 heavy (non-hydrogen) atoms. The summed E-state index contributed by atoms with van der Waals surface area (Å²) in [4.78, 5) is 39.5. The van der Waals surface area contributed by atoms with Gasteiger partial charge in [-0.3, -0.25) is 14.4 Å². The summed E-state index contributed by atoms with van der Waals surface area (Å²) < 4.78 is 25.2. The molecule has 0 radical (unpaired) electrons. The fourth-order valence-corrected chi connectivity index (χ4v) is 4.47. The van der Waals surface area contributed by atoms with Gasteiger partial charge in [0.25, 0.3) is 5.91 Å². The van der Waals surface area contributed by atoms with Crippen molar-refractivity contribution in [3.63, 3.8) is 0 Å².